The summed E-state index contributed by atoms with van der Waals surface area (Å²) in [5.74, 6) is 0.700. The Hall–Kier alpha value is -3.65. The zero-order valence-corrected chi connectivity index (χ0v) is 18.7. The Morgan fingerprint density at radius 1 is 1.03 bits per heavy atom. The van der Waals surface area contributed by atoms with Gasteiger partial charge >= 0.3 is 0 Å². The number of anilines is 1. The fraction of sp³-hybridized carbons (Fsp3) is 0.240. The van der Waals surface area contributed by atoms with Crippen LogP contribution in [0, 0.1) is 0 Å². The van der Waals surface area contributed by atoms with Crippen molar-refractivity contribution in [1.29, 1.82) is 0 Å². The van der Waals surface area contributed by atoms with Gasteiger partial charge in [-0.2, -0.15) is 0 Å². The molecule has 1 aromatic carbocycles. The number of amides is 2. The Kier molecular flexibility index (Phi) is 6.08. The molecule has 3 heterocycles. The molecule has 0 atom stereocenters. The number of fused-ring (bicyclic) bond motifs is 1. The fourth-order valence-electron chi connectivity index (χ4n) is 4.03. The highest BCUT2D eigenvalue weighted by Gasteiger charge is 2.26. The standard InChI is InChI=1S/C25H23N3O4S/c29-22(14-18-13-20(28-32-18)16-7-2-1-3-8-16)27-25-23(19-10-4-5-11-21(19)33-25)24(30)26-15-17-9-6-12-31-17/h1-3,6-9,12-13H,4-5,10-11,14-15H2,(H,26,30)(H,27,29). The van der Waals surface area contributed by atoms with Crippen molar-refractivity contribution in [3.05, 3.63) is 82.3 Å². The second-order valence-electron chi connectivity index (χ2n) is 7.95. The molecular formula is C25H23N3O4S. The second-order valence-corrected chi connectivity index (χ2v) is 9.05. The average molecular weight is 462 g/mol. The normalized spacial score (nSPS) is 12.8. The van der Waals surface area contributed by atoms with Crippen molar-refractivity contribution >= 4 is 28.2 Å². The number of hydrogen-bond acceptors (Lipinski definition) is 6. The number of hydrogen-bond donors (Lipinski definition) is 2. The predicted octanol–water partition coefficient (Wildman–Crippen LogP) is 4.99. The number of carbonyl (C=O) groups is 2. The van der Waals surface area contributed by atoms with E-state index in [0.717, 1.165) is 36.8 Å². The van der Waals surface area contributed by atoms with E-state index in [1.165, 1.54) is 16.2 Å². The van der Waals surface area contributed by atoms with Crippen LogP contribution < -0.4 is 10.6 Å². The van der Waals surface area contributed by atoms with Gasteiger partial charge in [0.15, 0.2) is 0 Å². The molecule has 33 heavy (non-hydrogen) atoms. The highest BCUT2D eigenvalue weighted by Crippen LogP contribution is 2.38. The van der Waals surface area contributed by atoms with Crippen molar-refractivity contribution in [2.45, 2.75) is 38.6 Å². The van der Waals surface area contributed by atoms with Gasteiger partial charge in [0.2, 0.25) is 5.91 Å². The molecule has 2 N–H and O–H groups in total. The molecule has 3 aromatic heterocycles. The monoisotopic (exact) mass is 461 g/mol. The van der Waals surface area contributed by atoms with E-state index in [4.69, 9.17) is 8.94 Å². The van der Waals surface area contributed by atoms with Crippen LogP contribution in [0.25, 0.3) is 11.3 Å². The van der Waals surface area contributed by atoms with Crippen molar-refractivity contribution in [2.75, 3.05) is 5.32 Å². The molecule has 4 aromatic rings. The molecule has 7 nitrogen and oxygen atoms in total. The van der Waals surface area contributed by atoms with E-state index >= 15 is 0 Å². The first-order valence-electron chi connectivity index (χ1n) is 10.9. The minimum atomic E-state index is -0.246. The summed E-state index contributed by atoms with van der Waals surface area (Å²) in [5.41, 5.74) is 3.22. The quantitative estimate of drug-likeness (QED) is 0.404. The Bertz CT molecular complexity index is 1260. The largest absolute Gasteiger partial charge is 0.467 e. The van der Waals surface area contributed by atoms with Crippen LogP contribution in [0.4, 0.5) is 5.00 Å². The molecule has 1 aliphatic carbocycles. The molecular weight excluding hydrogens is 438 g/mol. The van der Waals surface area contributed by atoms with Crippen molar-refractivity contribution in [3.8, 4) is 11.3 Å². The van der Waals surface area contributed by atoms with E-state index < -0.39 is 0 Å². The van der Waals surface area contributed by atoms with E-state index in [9.17, 15) is 9.59 Å². The third-order valence-electron chi connectivity index (χ3n) is 5.62. The van der Waals surface area contributed by atoms with E-state index in [2.05, 4.69) is 15.8 Å². The molecule has 0 unspecified atom stereocenters. The van der Waals surface area contributed by atoms with Crippen LogP contribution in [0.3, 0.4) is 0 Å². The molecule has 0 spiro atoms. The Labute approximate surface area is 194 Å². The molecule has 0 saturated heterocycles. The van der Waals surface area contributed by atoms with Crippen LogP contribution >= 0.6 is 11.3 Å². The first kappa shape index (κ1) is 21.2. The van der Waals surface area contributed by atoms with Crippen molar-refractivity contribution in [1.82, 2.24) is 10.5 Å². The number of benzene rings is 1. The molecule has 0 aliphatic heterocycles. The number of carbonyl (C=O) groups excluding carboxylic acids is 2. The molecule has 0 fully saturated rings. The van der Waals surface area contributed by atoms with Gasteiger partial charge in [-0.15, -0.1) is 11.3 Å². The summed E-state index contributed by atoms with van der Waals surface area (Å²) in [5, 5.41) is 10.5. The summed E-state index contributed by atoms with van der Waals surface area (Å²) in [7, 11) is 0. The first-order chi connectivity index (χ1) is 16.2. The van der Waals surface area contributed by atoms with Crippen molar-refractivity contribution in [2.24, 2.45) is 0 Å². The van der Waals surface area contributed by atoms with Gasteiger partial charge in [0.1, 0.15) is 22.2 Å². The minimum Gasteiger partial charge on any atom is -0.467 e. The van der Waals surface area contributed by atoms with Gasteiger partial charge in [-0.3, -0.25) is 9.59 Å². The Morgan fingerprint density at radius 3 is 2.70 bits per heavy atom. The maximum absolute atomic E-state index is 13.1. The molecule has 0 radical (unpaired) electrons. The number of thiophene rings is 1. The lowest BCUT2D eigenvalue weighted by molar-refractivity contribution is -0.115. The van der Waals surface area contributed by atoms with Gasteiger partial charge in [0.25, 0.3) is 5.91 Å². The number of aryl methyl sites for hydroxylation is 1. The molecule has 1 aliphatic rings. The van der Waals surface area contributed by atoms with Crippen LogP contribution in [0.1, 0.15) is 45.2 Å². The summed E-state index contributed by atoms with van der Waals surface area (Å²) in [4.78, 5) is 27.1. The highest BCUT2D eigenvalue weighted by molar-refractivity contribution is 7.17. The van der Waals surface area contributed by atoms with Crippen LogP contribution in [0.15, 0.2) is 63.7 Å². The van der Waals surface area contributed by atoms with Gasteiger partial charge in [0.05, 0.1) is 24.8 Å². The highest BCUT2D eigenvalue weighted by atomic mass is 32.1. The van der Waals surface area contributed by atoms with Crippen molar-refractivity contribution in [3.63, 3.8) is 0 Å². The van der Waals surface area contributed by atoms with Crippen LogP contribution in [0.2, 0.25) is 0 Å². The van der Waals surface area contributed by atoms with Gasteiger partial charge in [-0.1, -0.05) is 35.5 Å². The topological polar surface area (TPSA) is 97.4 Å². The van der Waals surface area contributed by atoms with Gasteiger partial charge < -0.3 is 19.6 Å². The Morgan fingerprint density at radius 2 is 1.88 bits per heavy atom. The van der Waals surface area contributed by atoms with Gasteiger partial charge in [0, 0.05) is 16.5 Å². The summed E-state index contributed by atoms with van der Waals surface area (Å²) in [6.07, 6.45) is 5.51. The zero-order valence-electron chi connectivity index (χ0n) is 17.9. The van der Waals surface area contributed by atoms with Crippen LogP contribution in [0.5, 0.6) is 0 Å². The summed E-state index contributed by atoms with van der Waals surface area (Å²) in [6, 6.07) is 15.0. The molecule has 8 heteroatoms. The molecule has 2 amide bonds. The van der Waals surface area contributed by atoms with E-state index in [1.807, 2.05) is 36.4 Å². The number of aromatic nitrogens is 1. The second kappa shape index (κ2) is 9.46. The lowest BCUT2D eigenvalue weighted by Gasteiger charge is -2.13. The maximum atomic E-state index is 13.1. The number of nitrogens with zero attached hydrogens (tertiary/aromatic N) is 1. The number of furan rings is 1. The summed E-state index contributed by atoms with van der Waals surface area (Å²) in [6.45, 7) is 0.296. The third-order valence-corrected chi connectivity index (χ3v) is 6.83. The lowest BCUT2D eigenvalue weighted by atomic mass is 9.95. The van der Waals surface area contributed by atoms with E-state index in [-0.39, 0.29) is 18.2 Å². The average Bonchev–Trinajstić information content (AvgIpc) is 3.58. The molecule has 0 saturated carbocycles. The van der Waals surface area contributed by atoms with E-state index in [1.54, 1.807) is 18.4 Å². The minimum absolute atomic E-state index is 0.0376. The van der Waals surface area contributed by atoms with E-state index in [0.29, 0.717) is 34.3 Å². The number of nitrogens with one attached hydrogen (secondary N) is 2. The SMILES string of the molecule is O=C(Cc1cc(-c2ccccc2)no1)Nc1sc2c(c1C(=O)NCc1ccco1)CCCC2. The number of rotatable bonds is 7. The van der Waals surface area contributed by atoms with Gasteiger partial charge in [-0.25, -0.2) is 0 Å². The molecule has 168 valence electrons. The smallest absolute Gasteiger partial charge is 0.254 e. The maximum Gasteiger partial charge on any atom is 0.254 e. The summed E-state index contributed by atoms with van der Waals surface area (Å²) >= 11 is 1.49. The Balaban J connectivity index is 1.31. The fourth-order valence-corrected chi connectivity index (χ4v) is 5.34. The zero-order chi connectivity index (χ0) is 22.6. The predicted molar refractivity (Wildman–Crippen MR) is 125 cm³/mol. The first-order valence-corrected chi connectivity index (χ1v) is 11.7. The van der Waals surface area contributed by atoms with Crippen molar-refractivity contribution < 1.29 is 18.5 Å². The third kappa shape index (κ3) is 4.75. The summed E-state index contributed by atoms with van der Waals surface area (Å²) < 4.78 is 10.7. The van der Waals surface area contributed by atoms with Crippen LogP contribution in [-0.2, 0) is 30.6 Å². The molecule has 0 bridgehead atoms. The van der Waals surface area contributed by atoms with Crippen LogP contribution in [-0.4, -0.2) is 17.0 Å². The molecule has 5 rings (SSSR count). The lowest BCUT2D eigenvalue weighted by Crippen LogP contribution is -2.25. The van der Waals surface area contributed by atoms with Gasteiger partial charge in [-0.05, 0) is 43.4 Å².